The summed E-state index contributed by atoms with van der Waals surface area (Å²) in [4.78, 5) is 30.7. The number of rotatable bonds is 13. The zero-order valence-corrected chi connectivity index (χ0v) is 79.8. The fourth-order valence-corrected chi connectivity index (χ4v) is 21.6. The predicted octanol–water partition coefficient (Wildman–Crippen LogP) is 37.6. The van der Waals surface area contributed by atoms with E-state index in [2.05, 4.69) is 413 Å². The molecule has 0 N–H and O–H groups in total. The lowest BCUT2D eigenvalue weighted by molar-refractivity contribution is 0.669. The molecule has 7 aromatic heterocycles. The van der Waals surface area contributed by atoms with E-state index in [9.17, 15) is 0 Å². The lowest BCUT2D eigenvalue weighted by Gasteiger charge is -2.11. The van der Waals surface area contributed by atoms with Crippen LogP contribution in [0.3, 0.4) is 0 Å². The summed E-state index contributed by atoms with van der Waals surface area (Å²) in [5, 5.41) is 23.0. The van der Waals surface area contributed by atoms with Gasteiger partial charge in [-0.2, -0.15) is 0 Å². The van der Waals surface area contributed by atoms with Crippen LogP contribution in [0.4, 0.5) is 0 Å². The Morgan fingerprint density at radius 1 is 0.122 bits per heavy atom. The van der Waals surface area contributed by atoms with Crippen LogP contribution in [0.15, 0.2) is 527 Å². The summed E-state index contributed by atoms with van der Waals surface area (Å²) < 4.78 is 26.8. The quantitative estimate of drug-likeness (QED) is 0.103. The molecule has 23 aromatic carbocycles. The van der Waals surface area contributed by atoms with Crippen molar-refractivity contribution in [2.24, 2.45) is 0 Å². The second kappa shape index (κ2) is 36.2. The Bertz CT molecular complexity index is 10400. The van der Waals surface area contributed by atoms with Crippen LogP contribution in [0.1, 0.15) is 0 Å². The summed E-state index contributed by atoms with van der Waals surface area (Å²) in [6.07, 6.45) is 0. The van der Waals surface area contributed by atoms with Gasteiger partial charge in [-0.3, -0.25) is 0 Å². The average Bonchev–Trinajstić information content (AvgIpc) is 1.58. The van der Waals surface area contributed by atoms with Gasteiger partial charge in [0.25, 0.3) is 0 Å². The van der Waals surface area contributed by atoms with Gasteiger partial charge in [-0.1, -0.05) is 437 Å². The largest absolute Gasteiger partial charge is 0.456 e. The molecule has 30 rings (SSSR count). The number of fused-ring (bicyclic) bond motifs is 24. The van der Waals surface area contributed by atoms with Crippen molar-refractivity contribution in [2.45, 2.75) is 0 Å². The highest BCUT2D eigenvalue weighted by molar-refractivity contribution is 6.27. The first kappa shape index (κ1) is 86.0. The molecule has 0 fully saturated rings. The second-order valence-corrected chi connectivity index (χ2v) is 37.7. The summed E-state index contributed by atoms with van der Waals surface area (Å²) in [7, 11) is 0. The minimum atomic E-state index is 0.650. The highest BCUT2D eigenvalue weighted by Gasteiger charge is 2.25. The highest BCUT2D eigenvalue weighted by atomic mass is 16.3. The van der Waals surface area contributed by atoms with Gasteiger partial charge in [0.2, 0.25) is 0 Å². The maximum absolute atomic E-state index is 6.88. The van der Waals surface area contributed by atoms with Gasteiger partial charge in [-0.15, -0.1) is 0 Å². The Morgan fingerprint density at radius 3 is 0.723 bits per heavy atom. The number of aromatic nitrogens is 6. The zero-order chi connectivity index (χ0) is 97.6. The normalized spacial score (nSPS) is 11.6. The molecule has 690 valence electrons. The lowest BCUT2D eigenvalue weighted by Crippen LogP contribution is -1.96. The van der Waals surface area contributed by atoms with Gasteiger partial charge in [0, 0.05) is 126 Å². The van der Waals surface area contributed by atoms with Crippen molar-refractivity contribution in [3.63, 3.8) is 0 Å². The van der Waals surface area contributed by atoms with Crippen molar-refractivity contribution in [3.05, 3.63) is 510 Å². The highest BCUT2D eigenvalue weighted by Crippen LogP contribution is 2.48. The fraction of sp³-hybridized carbons (Fsp3) is 0. The molecule has 0 radical (unpaired) electrons. The number of furan rings is 4. The molecule has 7 heterocycles. The Kier molecular flexibility index (Phi) is 21.1. The molecule has 0 unspecified atom stereocenters. The Morgan fingerprint density at radius 2 is 0.358 bits per heavy atom. The van der Waals surface area contributed by atoms with E-state index in [1.165, 1.54) is 59.6 Å². The first-order valence-corrected chi connectivity index (χ1v) is 49.9. The minimum absolute atomic E-state index is 0.650. The van der Waals surface area contributed by atoms with Crippen molar-refractivity contribution in [3.8, 4) is 146 Å². The SMILES string of the molecule is c1ccc(-c2cc(-c3ccc4c(c3)oc3ccccc34)nc(-c3cccc(-c4cccc5c4oc4c5ccc5ccc6ccccc6c54)c3)n2)cc1.c1ccc(-c2cc(-c3ccccc3)nc(-c3cccc(-c4cccc5c4oc4c5ccc5ccc6ccccc6c54)c3)n2)cc1.c1ccc(-c2ccc(-c3cc(-c4ccccc4)nc(-c4cccc(-c5cccc6c5oc5c6ccc6ccc7ccccc7c65)c4)n3)cc2)cc1. The number of hydrogen-bond acceptors (Lipinski definition) is 10. The maximum atomic E-state index is 6.88. The lowest BCUT2D eigenvalue weighted by atomic mass is 9.98. The van der Waals surface area contributed by atoms with E-state index in [0.29, 0.717) is 17.5 Å². The molecule has 0 amide bonds. The standard InChI is InChI=1S/C48H28N2O2.C48H30N2O.C42H26N2O/c1-2-11-30(12-3-1)41-28-42(33-23-24-38-37-16-6-7-19-43(37)51-44(38)27-33)50-48(49-41)34-14-8-13-32(26-34)36-17-9-18-39-40-25-22-31-21-20-29-10-4-5-15-35(29)45(31)47(40)52-46(36)39;1-3-11-31(12-4-1)32-21-24-35(25-22-32)44-30-43(34-14-5-2-6-15-34)49-48(50-44)38-17-9-16-37(29-38)40-19-10-20-41-42-28-27-36-26-23-33-13-7-8-18-39(33)45(36)47(42)51-46(40)41;1-3-12-28(13-4-1)37-26-38(29-14-5-2-6-15-29)44-42(43-37)32-17-9-16-31(25-32)34-19-10-20-35-36-24-23-30-22-21-27-11-7-8-18-33(27)39(30)41(36)45-40(34)35/h1-28H;1-30H;1-26H. The topological polar surface area (TPSA) is 130 Å². The van der Waals surface area contributed by atoms with Crippen LogP contribution in [0.5, 0.6) is 0 Å². The van der Waals surface area contributed by atoms with Crippen LogP contribution < -0.4 is 0 Å². The Hall–Kier alpha value is -19.9. The number of para-hydroxylation sites is 4. The number of hydrogen-bond donors (Lipinski definition) is 0. The molecule has 10 nitrogen and oxygen atoms in total. The molecule has 0 spiro atoms. The molecule has 0 aliphatic heterocycles. The van der Waals surface area contributed by atoms with Crippen LogP contribution >= 0.6 is 0 Å². The van der Waals surface area contributed by atoms with Crippen molar-refractivity contribution < 1.29 is 17.7 Å². The van der Waals surface area contributed by atoms with Crippen molar-refractivity contribution in [1.82, 2.24) is 29.9 Å². The third-order valence-electron chi connectivity index (χ3n) is 28.8. The van der Waals surface area contributed by atoms with Gasteiger partial charge in [0.15, 0.2) is 17.5 Å². The van der Waals surface area contributed by atoms with E-state index in [-0.39, 0.29) is 0 Å². The van der Waals surface area contributed by atoms with Crippen LogP contribution in [-0.4, -0.2) is 29.9 Å². The van der Waals surface area contributed by atoms with E-state index in [1.54, 1.807) is 0 Å². The van der Waals surface area contributed by atoms with Crippen LogP contribution in [0, 0.1) is 0 Å². The van der Waals surface area contributed by atoms with Gasteiger partial charge in [0.1, 0.15) is 44.7 Å². The Labute approximate surface area is 849 Å². The van der Waals surface area contributed by atoms with Gasteiger partial charge < -0.3 is 17.7 Å². The summed E-state index contributed by atoms with van der Waals surface area (Å²) in [6.45, 7) is 0. The molecular formula is C138H84N6O4. The van der Waals surface area contributed by atoms with Gasteiger partial charge in [-0.05, 0) is 149 Å². The van der Waals surface area contributed by atoms with Crippen LogP contribution in [-0.2, 0) is 0 Å². The third kappa shape index (κ3) is 15.5. The van der Waals surface area contributed by atoms with Crippen LogP contribution in [0.2, 0.25) is 0 Å². The second-order valence-electron chi connectivity index (χ2n) is 37.7. The monoisotopic (exact) mass is 1890 g/mol. The summed E-state index contributed by atoms with van der Waals surface area (Å²) in [5.41, 5.74) is 30.0. The molecule has 0 saturated carbocycles. The molecule has 0 atom stereocenters. The van der Waals surface area contributed by atoms with Gasteiger partial charge in [0.05, 0.1) is 34.2 Å². The molecular weight excluding hydrogens is 1810 g/mol. The van der Waals surface area contributed by atoms with E-state index in [0.717, 1.165) is 222 Å². The molecule has 0 bridgehead atoms. The molecule has 0 aliphatic rings. The smallest absolute Gasteiger partial charge is 0.160 e. The molecule has 30 aromatic rings. The number of benzene rings is 23. The van der Waals surface area contributed by atoms with E-state index in [1.807, 2.05) is 97.1 Å². The predicted molar refractivity (Wildman–Crippen MR) is 611 cm³/mol. The first-order valence-electron chi connectivity index (χ1n) is 49.9. The Balaban J connectivity index is 0.000000107. The van der Waals surface area contributed by atoms with Crippen molar-refractivity contribution in [2.75, 3.05) is 0 Å². The first-order chi connectivity index (χ1) is 73.3. The fourth-order valence-electron chi connectivity index (χ4n) is 21.6. The summed E-state index contributed by atoms with van der Waals surface area (Å²) in [6, 6.07) is 177. The zero-order valence-electron chi connectivity index (χ0n) is 79.8. The summed E-state index contributed by atoms with van der Waals surface area (Å²) >= 11 is 0. The molecule has 0 saturated heterocycles. The average molecular weight is 1890 g/mol. The van der Waals surface area contributed by atoms with Crippen LogP contribution in [0.25, 0.3) is 299 Å². The van der Waals surface area contributed by atoms with E-state index in [4.69, 9.17) is 47.6 Å². The van der Waals surface area contributed by atoms with E-state index < -0.39 is 0 Å². The van der Waals surface area contributed by atoms with Gasteiger partial charge in [-0.25, -0.2) is 29.9 Å². The maximum Gasteiger partial charge on any atom is 0.160 e. The third-order valence-corrected chi connectivity index (χ3v) is 28.8. The van der Waals surface area contributed by atoms with Gasteiger partial charge >= 0.3 is 0 Å². The van der Waals surface area contributed by atoms with E-state index >= 15 is 0 Å². The minimum Gasteiger partial charge on any atom is -0.456 e. The summed E-state index contributed by atoms with van der Waals surface area (Å²) in [5.74, 6) is 2.01. The number of nitrogens with zero attached hydrogens (tertiary/aromatic N) is 6. The molecule has 148 heavy (non-hydrogen) atoms. The van der Waals surface area contributed by atoms with Crippen molar-refractivity contribution >= 4 is 152 Å². The van der Waals surface area contributed by atoms with Crippen molar-refractivity contribution in [1.29, 1.82) is 0 Å². The molecule has 10 heteroatoms. The molecule has 0 aliphatic carbocycles.